The Hall–Kier alpha value is -2.39. The van der Waals surface area contributed by atoms with Gasteiger partial charge in [-0.15, -0.1) is 0 Å². The molecule has 0 bridgehead atoms. The zero-order chi connectivity index (χ0) is 19.9. The lowest BCUT2D eigenvalue weighted by molar-refractivity contribution is 0.258. The lowest BCUT2D eigenvalue weighted by atomic mass is 10.1. The normalized spacial score (nSPS) is 19.1. The Morgan fingerprint density at radius 3 is 2.75 bits per heavy atom. The van der Waals surface area contributed by atoms with Crippen LogP contribution >= 0.6 is 0 Å². The van der Waals surface area contributed by atoms with Gasteiger partial charge in [0.05, 0.1) is 22.1 Å². The van der Waals surface area contributed by atoms with Crippen LogP contribution in [-0.4, -0.2) is 29.0 Å². The number of aryl methyl sites for hydroxylation is 2. The van der Waals surface area contributed by atoms with Crippen LogP contribution in [0.1, 0.15) is 50.1 Å². The number of fused-ring (bicyclic) bond motifs is 1. The summed E-state index contributed by atoms with van der Waals surface area (Å²) in [7, 11) is -3.80. The number of nitrogens with zero attached hydrogens (tertiary/aromatic N) is 3. The number of rotatable bonds is 4. The van der Waals surface area contributed by atoms with Crippen molar-refractivity contribution in [3.05, 3.63) is 46.3 Å². The van der Waals surface area contributed by atoms with Gasteiger partial charge in [0, 0.05) is 25.2 Å². The van der Waals surface area contributed by atoms with Crippen molar-refractivity contribution in [1.29, 1.82) is 0 Å². The summed E-state index contributed by atoms with van der Waals surface area (Å²) in [6.07, 6.45) is 3.34. The van der Waals surface area contributed by atoms with Gasteiger partial charge in [0.25, 0.3) is 0 Å². The highest BCUT2D eigenvalue weighted by atomic mass is 32.2. The molecule has 2 aromatic heterocycles. The molecule has 3 aromatic rings. The molecule has 1 aliphatic heterocycles. The second kappa shape index (κ2) is 7.21. The van der Waals surface area contributed by atoms with Crippen LogP contribution in [0.2, 0.25) is 0 Å². The van der Waals surface area contributed by atoms with E-state index in [4.69, 9.17) is 8.94 Å². The molecule has 1 fully saturated rings. The van der Waals surface area contributed by atoms with Gasteiger partial charge >= 0.3 is 5.76 Å². The monoisotopic (exact) mass is 405 g/mol. The van der Waals surface area contributed by atoms with Gasteiger partial charge in [-0.25, -0.2) is 13.2 Å². The van der Waals surface area contributed by atoms with Gasteiger partial charge in [-0.3, -0.25) is 4.57 Å². The van der Waals surface area contributed by atoms with E-state index in [1.54, 1.807) is 12.1 Å². The Morgan fingerprint density at radius 2 is 2.04 bits per heavy atom. The quantitative estimate of drug-likeness (QED) is 0.661. The Morgan fingerprint density at radius 1 is 1.21 bits per heavy atom. The van der Waals surface area contributed by atoms with Crippen LogP contribution in [0.4, 0.5) is 0 Å². The second-order valence-corrected chi connectivity index (χ2v) is 8.98. The molecule has 0 amide bonds. The van der Waals surface area contributed by atoms with Crippen LogP contribution in [0, 0.1) is 6.92 Å². The molecule has 28 heavy (non-hydrogen) atoms. The third kappa shape index (κ3) is 3.18. The highest BCUT2D eigenvalue weighted by Gasteiger charge is 2.35. The molecule has 0 radical (unpaired) electrons. The van der Waals surface area contributed by atoms with Crippen molar-refractivity contribution in [2.24, 2.45) is 0 Å². The fourth-order valence-electron chi connectivity index (χ4n) is 3.84. The first-order chi connectivity index (χ1) is 13.4. The van der Waals surface area contributed by atoms with E-state index >= 15 is 0 Å². The molecule has 1 unspecified atom stereocenters. The third-order valence-electron chi connectivity index (χ3n) is 5.24. The first kappa shape index (κ1) is 18.9. The van der Waals surface area contributed by atoms with Crippen LogP contribution in [0.3, 0.4) is 0 Å². The summed E-state index contributed by atoms with van der Waals surface area (Å²) in [6, 6.07) is 6.00. The van der Waals surface area contributed by atoms with Crippen molar-refractivity contribution in [2.75, 3.05) is 6.54 Å². The Labute approximate surface area is 162 Å². The third-order valence-corrected chi connectivity index (χ3v) is 7.15. The molecule has 0 aliphatic carbocycles. The maximum Gasteiger partial charge on any atom is 0.419 e. The van der Waals surface area contributed by atoms with Crippen molar-refractivity contribution >= 4 is 21.1 Å². The summed E-state index contributed by atoms with van der Waals surface area (Å²) in [4.78, 5) is 12.0. The molecule has 0 saturated carbocycles. The SMILES string of the molecule is CCn1c(=O)oc2cc(S(=O)(=O)N3CCCCCC3c3cc(C)no3)ccc21. The Kier molecular flexibility index (Phi) is 4.88. The van der Waals surface area contributed by atoms with E-state index in [1.807, 2.05) is 13.8 Å². The maximum atomic E-state index is 13.5. The van der Waals surface area contributed by atoms with Gasteiger partial charge in [0.15, 0.2) is 11.3 Å². The van der Waals surface area contributed by atoms with Crippen molar-refractivity contribution in [1.82, 2.24) is 14.0 Å². The van der Waals surface area contributed by atoms with Gasteiger partial charge in [0.2, 0.25) is 10.0 Å². The first-order valence-corrected chi connectivity index (χ1v) is 10.9. The van der Waals surface area contributed by atoms with E-state index in [0.717, 1.165) is 25.0 Å². The standard InChI is InChI=1S/C19H23N3O5S/c1-3-21-15-9-8-14(12-17(15)26-19(21)23)28(24,25)22-10-6-4-5-7-16(22)18-11-13(2)20-27-18/h8-9,11-12,16H,3-7,10H2,1-2H3. The fourth-order valence-corrected chi connectivity index (χ4v) is 5.52. The summed E-state index contributed by atoms with van der Waals surface area (Å²) in [5.41, 5.74) is 1.58. The number of hydrogen-bond acceptors (Lipinski definition) is 6. The number of hydrogen-bond donors (Lipinski definition) is 0. The van der Waals surface area contributed by atoms with Gasteiger partial charge in [-0.2, -0.15) is 4.31 Å². The molecular formula is C19H23N3O5S. The molecule has 4 rings (SSSR count). The fraction of sp³-hybridized carbons (Fsp3) is 0.474. The first-order valence-electron chi connectivity index (χ1n) is 9.50. The van der Waals surface area contributed by atoms with Crippen molar-refractivity contribution < 1.29 is 17.4 Å². The molecule has 3 heterocycles. The van der Waals surface area contributed by atoms with Gasteiger partial charge in [-0.05, 0) is 38.8 Å². The summed E-state index contributed by atoms with van der Waals surface area (Å²) in [5.74, 6) is 0.0737. The van der Waals surface area contributed by atoms with Crippen LogP contribution in [0.5, 0.6) is 0 Å². The molecule has 0 spiro atoms. The molecule has 1 saturated heterocycles. The predicted octanol–water partition coefficient (Wildman–Crippen LogP) is 3.22. The average molecular weight is 405 g/mol. The zero-order valence-corrected chi connectivity index (χ0v) is 16.7. The largest absolute Gasteiger partial charge is 0.419 e. The summed E-state index contributed by atoms with van der Waals surface area (Å²) in [5, 5.41) is 3.93. The lowest BCUT2D eigenvalue weighted by Gasteiger charge is -2.27. The minimum Gasteiger partial charge on any atom is -0.408 e. The number of benzene rings is 1. The minimum atomic E-state index is -3.80. The topological polar surface area (TPSA) is 98.5 Å². The number of oxazole rings is 1. The Bertz CT molecular complexity index is 1160. The van der Waals surface area contributed by atoms with E-state index in [0.29, 0.717) is 30.8 Å². The predicted molar refractivity (Wildman–Crippen MR) is 102 cm³/mol. The average Bonchev–Trinajstić information content (AvgIpc) is 3.12. The smallest absolute Gasteiger partial charge is 0.408 e. The maximum absolute atomic E-state index is 13.5. The van der Waals surface area contributed by atoms with Crippen molar-refractivity contribution in [3.63, 3.8) is 0 Å². The summed E-state index contributed by atoms with van der Waals surface area (Å²) >= 11 is 0. The van der Waals surface area contributed by atoms with E-state index in [-0.39, 0.29) is 10.5 Å². The molecule has 0 N–H and O–H groups in total. The van der Waals surface area contributed by atoms with Crippen LogP contribution < -0.4 is 5.76 Å². The van der Waals surface area contributed by atoms with Gasteiger partial charge < -0.3 is 8.94 Å². The molecule has 1 aromatic carbocycles. The minimum absolute atomic E-state index is 0.111. The highest BCUT2D eigenvalue weighted by Crippen LogP contribution is 2.35. The van der Waals surface area contributed by atoms with Crippen molar-refractivity contribution in [3.8, 4) is 0 Å². The molecule has 1 aliphatic rings. The van der Waals surface area contributed by atoms with Crippen LogP contribution in [0.25, 0.3) is 11.1 Å². The van der Waals surface area contributed by atoms with E-state index in [2.05, 4.69) is 5.16 Å². The van der Waals surface area contributed by atoms with Gasteiger partial charge in [0.1, 0.15) is 0 Å². The van der Waals surface area contributed by atoms with Crippen molar-refractivity contribution in [2.45, 2.75) is 57.0 Å². The lowest BCUT2D eigenvalue weighted by Crippen LogP contribution is -2.34. The second-order valence-electron chi connectivity index (χ2n) is 7.09. The van der Waals surface area contributed by atoms with Crippen LogP contribution in [0.15, 0.2) is 42.9 Å². The van der Waals surface area contributed by atoms with E-state index < -0.39 is 21.8 Å². The molecular weight excluding hydrogens is 382 g/mol. The number of sulfonamides is 1. The molecule has 8 nitrogen and oxygen atoms in total. The molecule has 9 heteroatoms. The highest BCUT2D eigenvalue weighted by molar-refractivity contribution is 7.89. The summed E-state index contributed by atoms with van der Waals surface area (Å²) < 4.78 is 40.6. The Balaban J connectivity index is 1.78. The van der Waals surface area contributed by atoms with Gasteiger partial charge in [-0.1, -0.05) is 18.0 Å². The van der Waals surface area contributed by atoms with E-state index in [9.17, 15) is 13.2 Å². The molecule has 150 valence electrons. The van der Waals surface area contributed by atoms with E-state index in [1.165, 1.54) is 21.0 Å². The van der Waals surface area contributed by atoms with Crippen LogP contribution in [-0.2, 0) is 16.6 Å². The molecule has 1 atom stereocenters. The zero-order valence-electron chi connectivity index (χ0n) is 15.9. The summed E-state index contributed by atoms with van der Waals surface area (Å²) in [6.45, 7) is 4.51. The number of aromatic nitrogens is 2.